The SMILES string of the molecule is COc1ccc(-n2ccnc2SCC(=O)NCC(=O)OCc2ccccc2)cc1. The van der Waals surface area contributed by atoms with Gasteiger partial charge < -0.3 is 14.8 Å². The molecule has 0 saturated carbocycles. The molecule has 3 rings (SSSR count). The molecule has 0 aliphatic heterocycles. The third-order valence-corrected chi connectivity index (χ3v) is 4.93. The van der Waals surface area contributed by atoms with Crippen molar-refractivity contribution in [1.82, 2.24) is 14.9 Å². The number of amides is 1. The van der Waals surface area contributed by atoms with Crippen LogP contribution < -0.4 is 10.1 Å². The molecule has 0 atom stereocenters. The van der Waals surface area contributed by atoms with Crippen molar-refractivity contribution in [3.8, 4) is 11.4 Å². The van der Waals surface area contributed by atoms with Gasteiger partial charge in [0.15, 0.2) is 5.16 Å². The van der Waals surface area contributed by atoms with Crippen LogP contribution in [-0.2, 0) is 20.9 Å². The molecule has 8 heteroatoms. The van der Waals surface area contributed by atoms with E-state index in [0.717, 1.165) is 17.0 Å². The zero-order chi connectivity index (χ0) is 20.5. The normalized spacial score (nSPS) is 10.4. The van der Waals surface area contributed by atoms with Gasteiger partial charge in [0, 0.05) is 18.1 Å². The lowest BCUT2D eigenvalue weighted by Gasteiger charge is -2.09. The Morgan fingerprint density at radius 2 is 1.86 bits per heavy atom. The molecule has 0 radical (unpaired) electrons. The minimum absolute atomic E-state index is 0.138. The van der Waals surface area contributed by atoms with Crippen LogP contribution >= 0.6 is 11.8 Å². The number of hydrogen-bond donors (Lipinski definition) is 1. The van der Waals surface area contributed by atoms with Gasteiger partial charge in [-0.15, -0.1) is 0 Å². The summed E-state index contributed by atoms with van der Waals surface area (Å²) in [6.45, 7) is 0.0166. The molecule has 1 amide bonds. The third kappa shape index (κ3) is 6.11. The van der Waals surface area contributed by atoms with Crippen molar-refractivity contribution in [3.05, 3.63) is 72.6 Å². The summed E-state index contributed by atoms with van der Waals surface area (Å²) in [6, 6.07) is 16.9. The van der Waals surface area contributed by atoms with Gasteiger partial charge in [-0.25, -0.2) is 4.98 Å². The van der Waals surface area contributed by atoms with E-state index in [9.17, 15) is 9.59 Å². The predicted octanol–water partition coefficient (Wildman–Crippen LogP) is 2.83. The van der Waals surface area contributed by atoms with Gasteiger partial charge in [-0.05, 0) is 29.8 Å². The Balaban J connectivity index is 1.44. The predicted molar refractivity (Wildman–Crippen MR) is 110 cm³/mol. The van der Waals surface area contributed by atoms with Crippen molar-refractivity contribution in [1.29, 1.82) is 0 Å². The van der Waals surface area contributed by atoms with Crippen molar-refractivity contribution < 1.29 is 19.1 Å². The van der Waals surface area contributed by atoms with E-state index in [1.54, 1.807) is 13.3 Å². The molecule has 3 aromatic rings. The van der Waals surface area contributed by atoms with Crippen molar-refractivity contribution >= 4 is 23.6 Å². The fourth-order valence-corrected chi connectivity index (χ4v) is 3.28. The highest BCUT2D eigenvalue weighted by molar-refractivity contribution is 7.99. The molecule has 0 bridgehead atoms. The second-order valence-corrected chi connectivity index (χ2v) is 6.93. The number of esters is 1. The number of nitrogens with zero attached hydrogens (tertiary/aromatic N) is 2. The van der Waals surface area contributed by atoms with Crippen LogP contribution in [0.2, 0.25) is 0 Å². The van der Waals surface area contributed by atoms with Crippen LogP contribution in [0.15, 0.2) is 72.1 Å². The van der Waals surface area contributed by atoms with E-state index in [-0.39, 0.29) is 24.8 Å². The standard InChI is InChI=1S/C21H21N3O4S/c1-27-18-9-7-17(8-10-18)24-12-11-22-21(24)29-15-19(25)23-13-20(26)28-14-16-5-3-2-4-6-16/h2-12H,13-15H2,1H3,(H,23,25). The number of thioether (sulfide) groups is 1. The first-order valence-electron chi connectivity index (χ1n) is 8.92. The molecule has 1 N–H and O–H groups in total. The van der Waals surface area contributed by atoms with Gasteiger partial charge in [0.05, 0.1) is 12.9 Å². The Morgan fingerprint density at radius 3 is 2.59 bits per heavy atom. The number of carbonyl (C=O) groups excluding carboxylic acids is 2. The van der Waals surface area contributed by atoms with E-state index in [1.165, 1.54) is 11.8 Å². The van der Waals surface area contributed by atoms with Crippen LogP contribution in [0.1, 0.15) is 5.56 Å². The lowest BCUT2D eigenvalue weighted by molar-refractivity contribution is -0.145. The maximum absolute atomic E-state index is 12.1. The van der Waals surface area contributed by atoms with E-state index < -0.39 is 5.97 Å². The van der Waals surface area contributed by atoms with E-state index in [0.29, 0.717) is 5.16 Å². The number of rotatable bonds is 9. The number of imidazole rings is 1. The lowest BCUT2D eigenvalue weighted by Crippen LogP contribution is -2.31. The summed E-state index contributed by atoms with van der Waals surface area (Å²) in [5.74, 6) is 0.156. The first-order chi connectivity index (χ1) is 14.2. The molecule has 0 fully saturated rings. The van der Waals surface area contributed by atoms with Crippen molar-refractivity contribution in [2.75, 3.05) is 19.4 Å². The van der Waals surface area contributed by atoms with Crippen LogP contribution in [0, 0.1) is 0 Å². The van der Waals surface area contributed by atoms with E-state index >= 15 is 0 Å². The summed E-state index contributed by atoms with van der Waals surface area (Å²) in [6.07, 6.45) is 3.49. The van der Waals surface area contributed by atoms with Gasteiger partial charge in [-0.1, -0.05) is 42.1 Å². The largest absolute Gasteiger partial charge is 0.497 e. The van der Waals surface area contributed by atoms with E-state index in [4.69, 9.17) is 9.47 Å². The van der Waals surface area contributed by atoms with Gasteiger partial charge in [-0.3, -0.25) is 14.2 Å². The highest BCUT2D eigenvalue weighted by atomic mass is 32.2. The summed E-state index contributed by atoms with van der Waals surface area (Å²) in [7, 11) is 1.61. The summed E-state index contributed by atoms with van der Waals surface area (Å²) < 4.78 is 12.2. The van der Waals surface area contributed by atoms with Crippen molar-refractivity contribution in [2.45, 2.75) is 11.8 Å². The highest BCUT2D eigenvalue weighted by Gasteiger charge is 2.11. The number of nitrogens with one attached hydrogen (secondary N) is 1. The van der Waals surface area contributed by atoms with Crippen LogP contribution in [0.3, 0.4) is 0 Å². The Morgan fingerprint density at radius 1 is 1.10 bits per heavy atom. The number of ether oxygens (including phenoxy) is 2. The summed E-state index contributed by atoms with van der Waals surface area (Å²) in [5, 5.41) is 3.25. The Labute approximate surface area is 173 Å². The number of methoxy groups -OCH3 is 1. The number of hydrogen-bond acceptors (Lipinski definition) is 6. The molecular weight excluding hydrogens is 390 g/mol. The maximum Gasteiger partial charge on any atom is 0.325 e. The first kappa shape index (κ1) is 20.5. The quantitative estimate of drug-likeness (QED) is 0.431. The van der Waals surface area contributed by atoms with Crippen LogP contribution in [0.5, 0.6) is 5.75 Å². The van der Waals surface area contributed by atoms with Crippen molar-refractivity contribution in [2.24, 2.45) is 0 Å². The van der Waals surface area contributed by atoms with Crippen LogP contribution in [0.4, 0.5) is 0 Å². The minimum Gasteiger partial charge on any atom is -0.497 e. The molecular formula is C21H21N3O4S. The van der Waals surface area contributed by atoms with Gasteiger partial charge in [-0.2, -0.15) is 0 Å². The van der Waals surface area contributed by atoms with E-state index in [2.05, 4.69) is 10.3 Å². The van der Waals surface area contributed by atoms with Crippen LogP contribution in [0.25, 0.3) is 5.69 Å². The maximum atomic E-state index is 12.1. The summed E-state index contributed by atoms with van der Waals surface area (Å²) >= 11 is 1.28. The van der Waals surface area contributed by atoms with Gasteiger partial charge in [0.1, 0.15) is 18.9 Å². The smallest absolute Gasteiger partial charge is 0.325 e. The average Bonchev–Trinajstić information content (AvgIpc) is 3.24. The second-order valence-electron chi connectivity index (χ2n) is 5.99. The average molecular weight is 411 g/mol. The molecule has 7 nitrogen and oxygen atoms in total. The molecule has 29 heavy (non-hydrogen) atoms. The molecule has 2 aromatic carbocycles. The zero-order valence-corrected chi connectivity index (χ0v) is 16.7. The topological polar surface area (TPSA) is 82.5 Å². The summed E-state index contributed by atoms with van der Waals surface area (Å²) in [5.41, 5.74) is 1.81. The minimum atomic E-state index is -0.480. The summed E-state index contributed by atoms with van der Waals surface area (Å²) in [4.78, 5) is 28.1. The Kier molecular flexibility index (Phi) is 7.29. The Hall–Kier alpha value is -3.26. The van der Waals surface area contributed by atoms with Gasteiger partial charge in [0.2, 0.25) is 5.91 Å². The first-order valence-corrected chi connectivity index (χ1v) is 9.91. The number of aromatic nitrogens is 2. The van der Waals surface area contributed by atoms with E-state index in [1.807, 2.05) is 65.4 Å². The molecule has 0 saturated heterocycles. The van der Waals surface area contributed by atoms with Gasteiger partial charge in [0.25, 0.3) is 0 Å². The number of carbonyl (C=O) groups is 2. The molecule has 0 aliphatic rings. The molecule has 0 aliphatic carbocycles. The fraction of sp³-hybridized carbons (Fsp3) is 0.190. The van der Waals surface area contributed by atoms with Crippen molar-refractivity contribution in [3.63, 3.8) is 0 Å². The lowest BCUT2D eigenvalue weighted by atomic mass is 10.2. The Bertz CT molecular complexity index is 942. The monoisotopic (exact) mass is 411 g/mol. The zero-order valence-electron chi connectivity index (χ0n) is 15.9. The molecule has 0 spiro atoms. The molecule has 150 valence electrons. The molecule has 0 unspecified atom stereocenters. The second kappa shape index (κ2) is 10.3. The molecule has 1 aromatic heterocycles. The molecule has 1 heterocycles. The highest BCUT2D eigenvalue weighted by Crippen LogP contribution is 2.22. The number of benzene rings is 2. The fourth-order valence-electron chi connectivity index (χ4n) is 2.48. The van der Waals surface area contributed by atoms with Gasteiger partial charge >= 0.3 is 5.97 Å². The third-order valence-electron chi connectivity index (χ3n) is 3.96. The van der Waals surface area contributed by atoms with Crippen LogP contribution in [-0.4, -0.2) is 40.8 Å².